The van der Waals surface area contributed by atoms with Crippen LogP contribution < -0.4 is 10.6 Å². The number of nitrogens with one attached hydrogen (secondary N) is 2. The van der Waals surface area contributed by atoms with Crippen molar-refractivity contribution >= 4 is 11.6 Å². The molecule has 1 atom stereocenters. The van der Waals surface area contributed by atoms with Crippen molar-refractivity contribution in [1.29, 1.82) is 0 Å². The van der Waals surface area contributed by atoms with Crippen LogP contribution in [0.2, 0.25) is 0 Å². The van der Waals surface area contributed by atoms with Gasteiger partial charge in [-0.3, -0.25) is 4.79 Å². The van der Waals surface area contributed by atoms with Gasteiger partial charge in [0.25, 0.3) is 0 Å². The van der Waals surface area contributed by atoms with Gasteiger partial charge in [0, 0.05) is 0 Å². The molecule has 1 aromatic heterocycles. The summed E-state index contributed by atoms with van der Waals surface area (Å²) in [7, 11) is 0. The number of carbonyl (C=O) groups excluding carboxylic acids is 1. The fraction of sp³-hybridized carbons (Fsp3) is 0.400. The predicted octanol–water partition coefficient (Wildman–Crippen LogP) is 0.911. The third-order valence-electron chi connectivity index (χ3n) is 2.37. The third-order valence-corrected chi connectivity index (χ3v) is 2.37. The number of pyridine rings is 1. The van der Waals surface area contributed by atoms with E-state index in [0.717, 1.165) is 19.4 Å². The van der Waals surface area contributed by atoms with Gasteiger partial charge in [0.2, 0.25) is 11.9 Å². The zero-order chi connectivity index (χ0) is 10.7. The topological polar surface area (TPSA) is 54.0 Å². The van der Waals surface area contributed by atoms with Gasteiger partial charge >= 0.3 is 0 Å². The number of halogens is 1. The first-order valence-electron chi connectivity index (χ1n) is 4.91. The summed E-state index contributed by atoms with van der Waals surface area (Å²) >= 11 is 0. The van der Waals surface area contributed by atoms with Gasteiger partial charge in [-0.05, 0) is 31.5 Å². The summed E-state index contributed by atoms with van der Waals surface area (Å²) in [4.78, 5) is 15.1. The zero-order valence-corrected chi connectivity index (χ0v) is 8.16. The van der Waals surface area contributed by atoms with E-state index in [9.17, 15) is 9.18 Å². The highest BCUT2D eigenvalue weighted by Crippen LogP contribution is 2.10. The molecule has 1 aliphatic heterocycles. The van der Waals surface area contributed by atoms with Gasteiger partial charge in [-0.2, -0.15) is 4.39 Å². The van der Waals surface area contributed by atoms with E-state index in [1.54, 1.807) is 0 Å². The van der Waals surface area contributed by atoms with Crippen LogP contribution in [0.15, 0.2) is 18.3 Å². The van der Waals surface area contributed by atoms with Gasteiger partial charge in [0.05, 0.1) is 17.9 Å². The van der Waals surface area contributed by atoms with Crippen LogP contribution in [0.4, 0.5) is 10.1 Å². The van der Waals surface area contributed by atoms with E-state index in [1.807, 2.05) is 0 Å². The Morgan fingerprint density at radius 2 is 2.47 bits per heavy atom. The third kappa shape index (κ3) is 2.50. The Hall–Kier alpha value is -1.49. The molecule has 2 rings (SSSR count). The first-order valence-corrected chi connectivity index (χ1v) is 4.91. The molecular formula is C10H12FN3O. The van der Waals surface area contributed by atoms with Crippen molar-refractivity contribution in [1.82, 2.24) is 10.3 Å². The van der Waals surface area contributed by atoms with E-state index in [2.05, 4.69) is 15.6 Å². The summed E-state index contributed by atoms with van der Waals surface area (Å²) in [5.41, 5.74) is 0.523. The maximum absolute atomic E-state index is 12.5. The molecule has 1 unspecified atom stereocenters. The minimum Gasteiger partial charge on any atom is -0.323 e. The molecule has 0 spiro atoms. The van der Waals surface area contributed by atoms with Gasteiger partial charge in [-0.1, -0.05) is 0 Å². The summed E-state index contributed by atoms with van der Waals surface area (Å²) in [5.74, 6) is -0.632. The molecule has 4 nitrogen and oxygen atoms in total. The highest BCUT2D eigenvalue weighted by molar-refractivity contribution is 5.94. The van der Waals surface area contributed by atoms with Crippen LogP contribution in [0.3, 0.4) is 0 Å². The van der Waals surface area contributed by atoms with Crippen molar-refractivity contribution in [2.75, 3.05) is 11.9 Å². The fourth-order valence-electron chi connectivity index (χ4n) is 1.59. The molecule has 1 fully saturated rings. The standard InChI is InChI=1S/C10H12FN3O/c11-9-4-3-7(6-13-9)14-10(15)8-2-1-5-12-8/h3-4,6,8,12H,1-2,5H2,(H,14,15). The molecule has 1 saturated heterocycles. The Bertz CT molecular complexity index is 346. The molecule has 0 aliphatic carbocycles. The SMILES string of the molecule is O=C(Nc1ccc(F)nc1)C1CCCN1. The average molecular weight is 209 g/mol. The molecule has 5 heteroatoms. The number of hydrogen-bond donors (Lipinski definition) is 2. The van der Waals surface area contributed by atoms with E-state index in [0.29, 0.717) is 5.69 Å². The van der Waals surface area contributed by atoms with Crippen molar-refractivity contribution in [2.45, 2.75) is 18.9 Å². The second-order valence-electron chi connectivity index (χ2n) is 3.51. The largest absolute Gasteiger partial charge is 0.323 e. The van der Waals surface area contributed by atoms with E-state index >= 15 is 0 Å². The molecule has 1 aliphatic rings. The maximum atomic E-state index is 12.5. The molecule has 15 heavy (non-hydrogen) atoms. The van der Waals surface area contributed by atoms with Crippen molar-refractivity contribution in [3.8, 4) is 0 Å². The van der Waals surface area contributed by atoms with Crippen LogP contribution in [0.1, 0.15) is 12.8 Å². The van der Waals surface area contributed by atoms with Crippen molar-refractivity contribution in [2.24, 2.45) is 0 Å². The molecule has 2 heterocycles. The Labute approximate surface area is 86.9 Å². The van der Waals surface area contributed by atoms with Gasteiger partial charge in [0.1, 0.15) is 0 Å². The van der Waals surface area contributed by atoms with Gasteiger partial charge in [-0.25, -0.2) is 4.98 Å². The van der Waals surface area contributed by atoms with Crippen LogP contribution >= 0.6 is 0 Å². The van der Waals surface area contributed by atoms with Crippen LogP contribution in [-0.4, -0.2) is 23.5 Å². The Morgan fingerprint density at radius 1 is 1.60 bits per heavy atom. The number of carbonyl (C=O) groups is 1. The minimum absolute atomic E-state index is 0.0825. The number of anilines is 1. The van der Waals surface area contributed by atoms with E-state index in [1.165, 1.54) is 18.3 Å². The highest BCUT2D eigenvalue weighted by atomic mass is 19.1. The first kappa shape index (κ1) is 10.0. The monoisotopic (exact) mass is 209 g/mol. The van der Waals surface area contributed by atoms with E-state index in [4.69, 9.17) is 0 Å². The quantitative estimate of drug-likeness (QED) is 0.712. The van der Waals surface area contributed by atoms with Crippen molar-refractivity contribution in [3.05, 3.63) is 24.3 Å². The van der Waals surface area contributed by atoms with Crippen molar-refractivity contribution in [3.63, 3.8) is 0 Å². The highest BCUT2D eigenvalue weighted by Gasteiger charge is 2.21. The van der Waals surface area contributed by atoms with Crippen LogP contribution in [0.25, 0.3) is 0 Å². The fourth-order valence-corrected chi connectivity index (χ4v) is 1.59. The average Bonchev–Trinajstić information content (AvgIpc) is 2.74. The number of amides is 1. The van der Waals surface area contributed by atoms with Gasteiger partial charge in [-0.15, -0.1) is 0 Å². The smallest absolute Gasteiger partial charge is 0.241 e. The van der Waals surface area contributed by atoms with E-state index < -0.39 is 5.95 Å². The summed E-state index contributed by atoms with van der Waals surface area (Å²) in [5, 5.41) is 5.76. The lowest BCUT2D eigenvalue weighted by Gasteiger charge is -2.10. The second kappa shape index (κ2) is 4.35. The number of nitrogens with zero attached hydrogens (tertiary/aromatic N) is 1. The maximum Gasteiger partial charge on any atom is 0.241 e. The molecule has 0 saturated carbocycles. The lowest BCUT2D eigenvalue weighted by molar-refractivity contribution is -0.117. The summed E-state index contributed by atoms with van der Waals surface area (Å²) in [6.07, 6.45) is 3.17. The molecule has 0 bridgehead atoms. The summed E-state index contributed by atoms with van der Waals surface area (Å²) in [6, 6.07) is 2.59. The van der Waals surface area contributed by atoms with Crippen molar-refractivity contribution < 1.29 is 9.18 Å². The predicted molar refractivity (Wildman–Crippen MR) is 53.8 cm³/mol. The molecular weight excluding hydrogens is 197 g/mol. The van der Waals surface area contributed by atoms with Crippen LogP contribution in [0.5, 0.6) is 0 Å². The number of rotatable bonds is 2. The van der Waals surface area contributed by atoms with Crippen LogP contribution in [-0.2, 0) is 4.79 Å². The van der Waals surface area contributed by atoms with Crippen LogP contribution in [0, 0.1) is 5.95 Å². The Balaban J connectivity index is 1.96. The zero-order valence-electron chi connectivity index (χ0n) is 8.16. The number of aromatic nitrogens is 1. The van der Waals surface area contributed by atoms with Gasteiger partial charge in [0.15, 0.2) is 0 Å². The summed E-state index contributed by atoms with van der Waals surface area (Å²) in [6.45, 7) is 0.875. The molecule has 2 N–H and O–H groups in total. The first-order chi connectivity index (χ1) is 7.25. The normalized spacial score (nSPS) is 20.2. The Kier molecular flexibility index (Phi) is 2.91. The lowest BCUT2D eigenvalue weighted by atomic mass is 10.2. The molecule has 80 valence electrons. The molecule has 0 radical (unpaired) electrons. The van der Waals surface area contributed by atoms with Gasteiger partial charge < -0.3 is 10.6 Å². The van der Waals surface area contributed by atoms with E-state index in [-0.39, 0.29) is 11.9 Å². The molecule has 1 aromatic rings. The Morgan fingerprint density at radius 3 is 3.07 bits per heavy atom. The lowest BCUT2D eigenvalue weighted by Crippen LogP contribution is -2.35. The molecule has 0 aromatic carbocycles. The second-order valence-corrected chi connectivity index (χ2v) is 3.51. The molecule has 1 amide bonds. The number of hydrogen-bond acceptors (Lipinski definition) is 3. The summed E-state index contributed by atoms with van der Waals surface area (Å²) < 4.78 is 12.5. The minimum atomic E-state index is -0.549.